The smallest absolute Gasteiger partial charge is 0.256 e. The van der Waals surface area contributed by atoms with Crippen LogP contribution in [-0.4, -0.2) is 5.24 Å². The van der Waals surface area contributed by atoms with E-state index >= 15 is 0 Å². The van der Waals surface area contributed by atoms with E-state index in [9.17, 15) is 4.79 Å². The van der Waals surface area contributed by atoms with Gasteiger partial charge in [-0.3, -0.25) is 4.79 Å². The SMILES string of the molecule is O=C(Cl)c1[pH]cc(-c2ccccc2)c1-c1ccccc1. The van der Waals surface area contributed by atoms with Crippen molar-refractivity contribution in [3.63, 3.8) is 0 Å². The molecule has 3 heteroatoms. The Bertz CT molecular complexity index is 732. The molecule has 2 aromatic carbocycles. The molecule has 0 saturated heterocycles. The minimum absolute atomic E-state index is 0.328. The number of rotatable bonds is 3. The van der Waals surface area contributed by atoms with E-state index in [1.807, 2.05) is 48.5 Å². The Morgan fingerprint density at radius 1 is 0.850 bits per heavy atom. The van der Waals surface area contributed by atoms with Crippen LogP contribution in [0.25, 0.3) is 22.3 Å². The molecule has 98 valence electrons. The quantitative estimate of drug-likeness (QED) is 0.589. The maximum Gasteiger partial charge on any atom is 0.256 e. The van der Waals surface area contributed by atoms with Gasteiger partial charge in [0.05, 0.1) is 5.30 Å². The molecule has 1 unspecified atom stereocenters. The highest BCUT2D eigenvalue weighted by atomic mass is 35.5. The first-order chi connectivity index (χ1) is 9.77. The van der Waals surface area contributed by atoms with Gasteiger partial charge in [-0.25, -0.2) is 0 Å². The van der Waals surface area contributed by atoms with Crippen LogP contribution in [0.5, 0.6) is 0 Å². The summed E-state index contributed by atoms with van der Waals surface area (Å²) in [6, 6.07) is 20.1. The number of carbonyl (C=O) groups is 1. The molecule has 1 aromatic heterocycles. The van der Waals surface area contributed by atoms with Crippen molar-refractivity contribution in [3.05, 3.63) is 71.8 Å². The van der Waals surface area contributed by atoms with Crippen LogP contribution in [0.3, 0.4) is 0 Å². The van der Waals surface area contributed by atoms with E-state index in [1.54, 1.807) is 0 Å². The predicted octanol–water partition coefficient (Wildman–Crippen LogP) is 5.43. The standard InChI is InChI=1S/C17H12ClOP/c18-17(19)16-15(13-9-5-2-6-10-13)14(11-20-16)12-7-3-1-4-8-12/h1-11,20H. The lowest BCUT2D eigenvalue weighted by Crippen LogP contribution is -1.89. The molecule has 0 aliphatic carbocycles. The van der Waals surface area contributed by atoms with Crippen LogP contribution in [0, 0.1) is 0 Å². The van der Waals surface area contributed by atoms with E-state index in [4.69, 9.17) is 11.6 Å². The monoisotopic (exact) mass is 298 g/mol. The van der Waals surface area contributed by atoms with Crippen molar-refractivity contribution in [2.45, 2.75) is 0 Å². The molecular weight excluding hydrogens is 287 g/mol. The second-order valence-electron chi connectivity index (χ2n) is 4.46. The van der Waals surface area contributed by atoms with E-state index in [2.05, 4.69) is 17.9 Å². The van der Waals surface area contributed by atoms with Gasteiger partial charge in [0.1, 0.15) is 0 Å². The van der Waals surface area contributed by atoms with Gasteiger partial charge in [0.2, 0.25) is 0 Å². The molecule has 0 bridgehead atoms. The zero-order valence-corrected chi connectivity index (χ0v) is 12.4. The van der Waals surface area contributed by atoms with Gasteiger partial charge in [-0.05, 0) is 34.1 Å². The Morgan fingerprint density at radius 2 is 1.40 bits per heavy atom. The summed E-state index contributed by atoms with van der Waals surface area (Å²) in [5, 5.41) is 0.348. The molecule has 3 rings (SSSR count). The maximum absolute atomic E-state index is 11.7. The lowest BCUT2D eigenvalue weighted by Gasteiger charge is -2.07. The minimum Gasteiger partial charge on any atom is -0.275 e. The van der Waals surface area contributed by atoms with Crippen LogP contribution in [0.4, 0.5) is 0 Å². The van der Waals surface area contributed by atoms with Crippen molar-refractivity contribution in [3.8, 4) is 22.3 Å². The average molecular weight is 299 g/mol. The number of halogens is 1. The van der Waals surface area contributed by atoms with E-state index in [0.29, 0.717) is 13.5 Å². The van der Waals surface area contributed by atoms with Crippen molar-refractivity contribution >= 4 is 25.0 Å². The van der Waals surface area contributed by atoms with Gasteiger partial charge in [0, 0.05) is 5.56 Å². The van der Waals surface area contributed by atoms with Gasteiger partial charge >= 0.3 is 0 Å². The Hall–Kier alpha value is -1.82. The zero-order chi connectivity index (χ0) is 13.9. The molecule has 0 aliphatic heterocycles. The molecule has 3 aromatic rings. The second kappa shape index (κ2) is 5.66. The number of hydrogen-bond acceptors (Lipinski definition) is 1. The largest absolute Gasteiger partial charge is 0.275 e. The highest BCUT2D eigenvalue weighted by Crippen LogP contribution is 2.42. The van der Waals surface area contributed by atoms with Crippen molar-refractivity contribution in [2.24, 2.45) is 0 Å². The summed E-state index contributed by atoms with van der Waals surface area (Å²) in [5.74, 6) is 2.10. The molecule has 0 N–H and O–H groups in total. The number of hydrogen-bond donors (Lipinski definition) is 0. The summed E-state index contributed by atoms with van der Waals surface area (Å²) in [5.41, 5.74) is 4.22. The molecule has 20 heavy (non-hydrogen) atoms. The number of carbonyl (C=O) groups excluding carboxylic acids is 1. The van der Waals surface area contributed by atoms with Gasteiger partial charge in [0.15, 0.2) is 0 Å². The van der Waals surface area contributed by atoms with E-state index in [-0.39, 0.29) is 5.24 Å². The van der Waals surface area contributed by atoms with Crippen molar-refractivity contribution in [1.29, 1.82) is 0 Å². The second-order valence-corrected chi connectivity index (χ2v) is 5.88. The third-order valence-corrected chi connectivity index (χ3v) is 4.77. The van der Waals surface area contributed by atoms with Crippen LogP contribution in [-0.2, 0) is 0 Å². The first-order valence-electron chi connectivity index (χ1n) is 6.29. The van der Waals surface area contributed by atoms with E-state index in [0.717, 1.165) is 22.3 Å². The van der Waals surface area contributed by atoms with Crippen LogP contribution < -0.4 is 0 Å². The molecule has 0 spiro atoms. The molecule has 1 nitrogen and oxygen atoms in total. The van der Waals surface area contributed by atoms with Gasteiger partial charge in [-0.2, -0.15) is 0 Å². The summed E-state index contributed by atoms with van der Waals surface area (Å²) < 4.78 is 0. The molecule has 1 heterocycles. The molecule has 0 fully saturated rings. The molecular formula is C17H12ClOP. The molecule has 1 atom stereocenters. The minimum atomic E-state index is -0.357. The van der Waals surface area contributed by atoms with Crippen LogP contribution in [0.2, 0.25) is 0 Å². The van der Waals surface area contributed by atoms with Gasteiger partial charge in [0.25, 0.3) is 5.24 Å². The lowest BCUT2D eigenvalue weighted by atomic mass is 9.97. The van der Waals surface area contributed by atoms with Crippen molar-refractivity contribution in [2.75, 3.05) is 0 Å². The summed E-state index contributed by atoms with van der Waals surface area (Å²) in [6.07, 6.45) is 0. The Balaban J connectivity index is 2.25. The molecule has 0 aliphatic rings. The lowest BCUT2D eigenvalue weighted by molar-refractivity contribution is 0.108. The predicted molar refractivity (Wildman–Crippen MR) is 87.0 cm³/mol. The first-order valence-corrected chi connectivity index (χ1v) is 7.75. The van der Waals surface area contributed by atoms with Crippen molar-refractivity contribution < 1.29 is 4.79 Å². The third-order valence-electron chi connectivity index (χ3n) is 3.22. The van der Waals surface area contributed by atoms with Gasteiger partial charge in [-0.15, -0.1) is 8.19 Å². The summed E-state index contributed by atoms with van der Waals surface area (Å²) in [6.45, 7) is 0. The summed E-state index contributed by atoms with van der Waals surface area (Å²) >= 11 is 5.76. The van der Waals surface area contributed by atoms with Crippen LogP contribution >= 0.6 is 19.8 Å². The van der Waals surface area contributed by atoms with Gasteiger partial charge in [-0.1, -0.05) is 60.7 Å². The zero-order valence-electron chi connectivity index (χ0n) is 10.6. The Morgan fingerprint density at radius 3 is 1.95 bits per heavy atom. The fourth-order valence-electron chi connectivity index (χ4n) is 2.33. The normalized spacial score (nSPS) is 10.8. The van der Waals surface area contributed by atoms with Crippen LogP contribution in [0.15, 0.2) is 66.5 Å². The molecule has 0 amide bonds. The summed E-state index contributed by atoms with van der Waals surface area (Å²) in [7, 11) is 0.328. The van der Waals surface area contributed by atoms with E-state index in [1.165, 1.54) is 0 Å². The van der Waals surface area contributed by atoms with E-state index < -0.39 is 0 Å². The fourth-order valence-corrected chi connectivity index (χ4v) is 3.72. The Kier molecular flexibility index (Phi) is 3.73. The highest BCUT2D eigenvalue weighted by molar-refractivity contribution is 7.33. The van der Waals surface area contributed by atoms with Crippen LogP contribution in [0.1, 0.15) is 10.1 Å². The molecule has 0 saturated carbocycles. The first kappa shape index (κ1) is 13.2. The van der Waals surface area contributed by atoms with Crippen molar-refractivity contribution in [1.82, 2.24) is 0 Å². The van der Waals surface area contributed by atoms with Gasteiger partial charge < -0.3 is 0 Å². The summed E-state index contributed by atoms with van der Waals surface area (Å²) in [4.78, 5) is 11.7. The number of benzene rings is 2. The Labute approximate surface area is 124 Å². The highest BCUT2D eigenvalue weighted by Gasteiger charge is 2.17. The molecule has 0 radical (unpaired) electrons. The third kappa shape index (κ3) is 2.43. The maximum atomic E-state index is 11.7. The average Bonchev–Trinajstić information content (AvgIpc) is 2.94. The fraction of sp³-hybridized carbons (Fsp3) is 0. The topological polar surface area (TPSA) is 17.1 Å².